The van der Waals surface area contributed by atoms with E-state index in [1.165, 1.54) is 25.3 Å². The summed E-state index contributed by atoms with van der Waals surface area (Å²) in [5.74, 6) is 1.19. The first-order valence-corrected chi connectivity index (χ1v) is 5.03. The fourth-order valence-electron chi connectivity index (χ4n) is 2.82. The van der Waals surface area contributed by atoms with Gasteiger partial charge in [0.1, 0.15) is 6.10 Å². The normalized spacial score (nSPS) is 39.8. The molecule has 0 saturated heterocycles. The van der Waals surface area contributed by atoms with Crippen LogP contribution >= 0.6 is 0 Å². The lowest BCUT2D eigenvalue weighted by Crippen LogP contribution is -2.24. The molecule has 0 aromatic rings. The maximum Gasteiger partial charge on any atom is 0.302 e. The fraction of sp³-hybridized carbons (Fsp3) is 0.727. The number of esters is 1. The molecule has 2 aliphatic carbocycles. The largest absolute Gasteiger partial charge is 0.462 e. The van der Waals surface area contributed by atoms with Crippen LogP contribution in [0.2, 0.25) is 0 Å². The van der Waals surface area contributed by atoms with Gasteiger partial charge in [-0.25, -0.2) is 0 Å². The summed E-state index contributed by atoms with van der Waals surface area (Å²) in [6.07, 6.45) is 5.93. The van der Waals surface area contributed by atoms with Crippen molar-refractivity contribution in [1.29, 1.82) is 0 Å². The van der Waals surface area contributed by atoms with Gasteiger partial charge in [-0.1, -0.05) is 11.6 Å². The minimum Gasteiger partial charge on any atom is -0.462 e. The van der Waals surface area contributed by atoms with Gasteiger partial charge in [-0.15, -0.1) is 0 Å². The second kappa shape index (κ2) is 3.17. The second-order valence-electron chi connectivity index (χ2n) is 4.16. The third-order valence-corrected chi connectivity index (χ3v) is 3.29. The summed E-state index contributed by atoms with van der Waals surface area (Å²) in [4.78, 5) is 10.8. The Morgan fingerprint density at radius 3 is 2.85 bits per heavy atom. The molecule has 0 aromatic carbocycles. The molecule has 0 heterocycles. The molecule has 0 aliphatic heterocycles. The molecule has 2 fully saturated rings. The van der Waals surface area contributed by atoms with Crippen molar-refractivity contribution in [1.82, 2.24) is 0 Å². The molecule has 2 nitrogen and oxygen atoms in total. The Morgan fingerprint density at radius 1 is 1.54 bits per heavy atom. The third-order valence-electron chi connectivity index (χ3n) is 3.29. The lowest BCUT2D eigenvalue weighted by molar-refractivity contribution is -0.147. The van der Waals surface area contributed by atoms with Gasteiger partial charge in [0, 0.05) is 12.8 Å². The molecular weight excluding hydrogens is 164 g/mol. The molecule has 13 heavy (non-hydrogen) atoms. The van der Waals surface area contributed by atoms with E-state index >= 15 is 0 Å². The first kappa shape index (κ1) is 8.79. The lowest BCUT2D eigenvalue weighted by atomic mass is 9.92. The number of ether oxygens (including phenoxy) is 1. The van der Waals surface area contributed by atoms with E-state index in [-0.39, 0.29) is 12.1 Å². The molecule has 72 valence electrons. The highest BCUT2D eigenvalue weighted by atomic mass is 16.5. The predicted molar refractivity (Wildman–Crippen MR) is 50.1 cm³/mol. The van der Waals surface area contributed by atoms with Crippen molar-refractivity contribution in [3.05, 3.63) is 11.6 Å². The highest BCUT2D eigenvalue weighted by Crippen LogP contribution is 2.49. The van der Waals surface area contributed by atoms with E-state index in [9.17, 15) is 4.79 Å². The molecule has 0 amide bonds. The minimum absolute atomic E-state index is 0.131. The molecule has 0 spiro atoms. The summed E-state index contributed by atoms with van der Waals surface area (Å²) >= 11 is 0. The maximum absolute atomic E-state index is 10.8. The number of allylic oxidation sites excluding steroid dienone is 1. The van der Waals surface area contributed by atoms with Crippen LogP contribution in [0.1, 0.15) is 33.1 Å². The van der Waals surface area contributed by atoms with E-state index in [1.807, 2.05) is 0 Å². The number of rotatable bonds is 1. The van der Waals surface area contributed by atoms with Crippen LogP contribution in [0.15, 0.2) is 11.6 Å². The second-order valence-corrected chi connectivity index (χ2v) is 4.16. The minimum atomic E-state index is -0.131. The van der Waals surface area contributed by atoms with Gasteiger partial charge >= 0.3 is 5.97 Å². The Hall–Kier alpha value is -0.790. The van der Waals surface area contributed by atoms with Gasteiger partial charge in [-0.2, -0.15) is 0 Å². The molecular formula is C11H16O2. The first-order valence-electron chi connectivity index (χ1n) is 5.03. The third kappa shape index (κ3) is 1.50. The summed E-state index contributed by atoms with van der Waals surface area (Å²) in [6, 6.07) is 0. The van der Waals surface area contributed by atoms with E-state index in [1.54, 1.807) is 0 Å². The van der Waals surface area contributed by atoms with Crippen LogP contribution in [-0.4, -0.2) is 12.1 Å². The summed E-state index contributed by atoms with van der Waals surface area (Å²) < 4.78 is 5.30. The van der Waals surface area contributed by atoms with Crippen LogP contribution in [0.3, 0.4) is 0 Å². The van der Waals surface area contributed by atoms with Crippen molar-refractivity contribution in [3.63, 3.8) is 0 Å². The Labute approximate surface area is 79.0 Å². The molecule has 3 atom stereocenters. The van der Waals surface area contributed by atoms with Gasteiger partial charge < -0.3 is 4.74 Å². The molecule has 2 saturated carbocycles. The number of carbonyl (C=O) groups is 1. The predicted octanol–water partition coefficient (Wildman–Crippen LogP) is 2.29. The van der Waals surface area contributed by atoms with Crippen LogP contribution in [0.25, 0.3) is 0 Å². The van der Waals surface area contributed by atoms with E-state index in [4.69, 9.17) is 4.74 Å². The van der Waals surface area contributed by atoms with Crippen molar-refractivity contribution in [3.8, 4) is 0 Å². The zero-order valence-electron chi connectivity index (χ0n) is 8.25. The first-order chi connectivity index (χ1) is 6.20. The lowest BCUT2D eigenvalue weighted by Gasteiger charge is -2.23. The van der Waals surface area contributed by atoms with Gasteiger partial charge in [0.2, 0.25) is 0 Å². The summed E-state index contributed by atoms with van der Waals surface area (Å²) in [5, 5.41) is 0. The van der Waals surface area contributed by atoms with Crippen molar-refractivity contribution >= 4 is 5.97 Å². The number of hydrogen-bond donors (Lipinski definition) is 0. The van der Waals surface area contributed by atoms with E-state index in [2.05, 4.69) is 13.0 Å². The van der Waals surface area contributed by atoms with E-state index in [0.717, 1.165) is 12.3 Å². The van der Waals surface area contributed by atoms with Crippen LogP contribution in [0.4, 0.5) is 0 Å². The van der Waals surface area contributed by atoms with Gasteiger partial charge in [0.15, 0.2) is 0 Å². The van der Waals surface area contributed by atoms with Gasteiger partial charge in [0.25, 0.3) is 0 Å². The fourth-order valence-corrected chi connectivity index (χ4v) is 2.82. The molecule has 3 unspecified atom stereocenters. The Kier molecular flexibility index (Phi) is 2.14. The summed E-state index contributed by atoms with van der Waals surface area (Å²) in [5.41, 5.74) is 1.50. The smallest absolute Gasteiger partial charge is 0.302 e. The number of carbonyl (C=O) groups excluding carboxylic acids is 1. The highest BCUT2D eigenvalue weighted by molar-refractivity contribution is 5.66. The zero-order valence-corrected chi connectivity index (χ0v) is 8.25. The average Bonchev–Trinajstić information content (AvgIpc) is 2.60. The molecule has 2 aliphatic rings. The molecule has 0 radical (unpaired) electrons. The van der Waals surface area contributed by atoms with Crippen molar-refractivity contribution in [2.24, 2.45) is 11.8 Å². The average molecular weight is 180 g/mol. The zero-order chi connectivity index (χ0) is 9.42. The molecule has 2 heteroatoms. The number of hydrogen-bond acceptors (Lipinski definition) is 2. The monoisotopic (exact) mass is 180 g/mol. The molecule has 0 aromatic heterocycles. The van der Waals surface area contributed by atoms with Gasteiger partial charge in [-0.05, 0) is 32.1 Å². The summed E-state index contributed by atoms with van der Waals surface area (Å²) in [6.45, 7) is 3.59. The highest BCUT2D eigenvalue weighted by Gasteiger charge is 2.44. The molecule has 2 rings (SSSR count). The topological polar surface area (TPSA) is 26.3 Å². The molecule has 0 N–H and O–H groups in total. The van der Waals surface area contributed by atoms with Crippen molar-refractivity contribution < 1.29 is 9.53 Å². The molecule has 2 bridgehead atoms. The van der Waals surface area contributed by atoms with Crippen LogP contribution in [-0.2, 0) is 9.53 Å². The van der Waals surface area contributed by atoms with Crippen molar-refractivity contribution in [2.45, 2.75) is 39.2 Å². The Balaban J connectivity index is 2.06. The standard InChI is InChI=1S/C11H16O2/c1-3-9-4-8-5-10(9)11(6-8)13-7(2)12/h3,8,10-11H,4-6H2,1-2H3. The van der Waals surface area contributed by atoms with E-state index in [0.29, 0.717) is 5.92 Å². The Bertz CT molecular complexity index is 255. The Morgan fingerprint density at radius 2 is 2.31 bits per heavy atom. The quantitative estimate of drug-likeness (QED) is 0.457. The van der Waals surface area contributed by atoms with Crippen LogP contribution in [0, 0.1) is 11.8 Å². The van der Waals surface area contributed by atoms with Gasteiger partial charge in [-0.3, -0.25) is 4.79 Å². The SMILES string of the molecule is CC=C1CC2CC(OC(C)=O)C1C2. The van der Waals surface area contributed by atoms with Crippen molar-refractivity contribution in [2.75, 3.05) is 0 Å². The van der Waals surface area contributed by atoms with Crippen LogP contribution in [0.5, 0.6) is 0 Å². The summed E-state index contributed by atoms with van der Waals surface area (Å²) in [7, 11) is 0. The van der Waals surface area contributed by atoms with Crippen LogP contribution < -0.4 is 0 Å². The maximum atomic E-state index is 10.8. The van der Waals surface area contributed by atoms with E-state index < -0.39 is 0 Å². The number of fused-ring (bicyclic) bond motifs is 2. The van der Waals surface area contributed by atoms with Gasteiger partial charge in [0.05, 0.1) is 0 Å².